The Morgan fingerprint density at radius 1 is 0.0818 bits per heavy atom. The summed E-state index contributed by atoms with van der Waals surface area (Å²) in [7, 11) is 0. The van der Waals surface area contributed by atoms with Crippen LogP contribution in [0.15, 0.2) is 388 Å². The Morgan fingerprint density at radius 2 is 0.200 bits per heavy atom. The van der Waals surface area contributed by atoms with Gasteiger partial charge in [-0.3, -0.25) is 0 Å². The van der Waals surface area contributed by atoms with E-state index in [4.69, 9.17) is 0 Å². The molecule has 22 aromatic rings. The molecule has 0 spiro atoms. The van der Waals surface area contributed by atoms with Crippen LogP contribution in [0.4, 0.5) is 0 Å². The Kier molecular flexibility index (Phi) is 13.1. The molecule has 0 amide bonds. The van der Waals surface area contributed by atoms with E-state index in [1.54, 1.807) is 0 Å². The maximum Gasteiger partial charge on any atom is -0.000695 e. The third-order valence-electron chi connectivity index (χ3n) is 24.6. The van der Waals surface area contributed by atoms with Gasteiger partial charge in [0.1, 0.15) is 0 Å². The van der Waals surface area contributed by atoms with Crippen LogP contribution in [0.2, 0.25) is 0 Å². The van der Waals surface area contributed by atoms with E-state index in [2.05, 4.69) is 388 Å². The first kappa shape index (κ1) is 60.9. The zero-order chi connectivity index (χ0) is 71.8. The number of rotatable bonds is 8. The summed E-state index contributed by atoms with van der Waals surface area (Å²) in [6.45, 7) is 0. The fourth-order valence-electron chi connectivity index (χ4n) is 20.6. The van der Waals surface area contributed by atoms with E-state index in [-0.39, 0.29) is 0 Å². The lowest BCUT2D eigenvalue weighted by molar-refractivity contribution is 1.64. The Morgan fingerprint density at radius 3 is 0.345 bits per heavy atom. The summed E-state index contributed by atoms with van der Waals surface area (Å²) in [4.78, 5) is 0. The van der Waals surface area contributed by atoms with Crippen molar-refractivity contribution in [1.82, 2.24) is 0 Å². The van der Waals surface area contributed by atoms with Gasteiger partial charge in [-0.15, -0.1) is 0 Å². The molecule has 0 fully saturated rings. The quantitative estimate of drug-likeness (QED) is 0.133. The van der Waals surface area contributed by atoms with Gasteiger partial charge in [-0.2, -0.15) is 0 Å². The number of hydrogen-bond donors (Lipinski definition) is 0. The van der Waals surface area contributed by atoms with Crippen LogP contribution in [0.1, 0.15) is 0 Å². The minimum atomic E-state index is 1.21. The first-order valence-electron chi connectivity index (χ1n) is 38.5. The highest BCUT2D eigenvalue weighted by Gasteiger charge is 2.40. The number of benzene rings is 22. The van der Waals surface area contributed by atoms with Gasteiger partial charge in [0.2, 0.25) is 0 Å². The van der Waals surface area contributed by atoms with Gasteiger partial charge in [-0.1, -0.05) is 388 Å². The summed E-state index contributed by atoms with van der Waals surface area (Å²) in [5.74, 6) is 0. The van der Waals surface area contributed by atoms with Crippen LogP contribution in [-0.2, 0) is 0 Å². The fraction of sp³-hybridized carbons (Fsp3) is 0. The molecule has 0 heteroatoms. The van der Waals surface area contributed by atoms with E-state index in [1.807, 2.05) is 0 Å². The summed E-state index contributed by atoms with van der Waals surface area (Å²) in [6, 6.07) is 148. The molecule has 0 unspecified atom stereocenters. The molecule has 0 nitrogen and oxygen atoms in total. The molecule has 2 aliphatic rings. The minimum absolute atomic E-state index is 1.21. The van der Waals surface area contributed by atoms with E-state index in [0.29, 0.717) is 0 Å². The molecule has 0 radical (unpaired) electrons. The molecule has 0 aliphatic heterocycles. The van der Waals surface area contributed by atoms with Crippen molar-refractivity contribution in [2.24, 2.45) is 0 Å². The molecule has 0 saturated carbocycles. The average molecular weight is 1390 g/mol. The second kappa shape index (κ2) is 23.6. The topological polar surface area (TPSA) is 0 Å². The molecule has 0 heterocycles. The normalized spacial score (nSPS) is 12.2. The lowest BCUT2D eigenvalue weighted by atomic mass is 9.76. The molecule has 504 valence electrons. The summed E-state index contributed by atoms with van der Waals surface area (Å²) in [5, 5.41) is 27.1. The summed E-state index contributed by atoms with van der Waals surface area (Å²) < 4.78 is 0. The fourth-order valence-corrected chi connectivity index (χ4v) is 20.6. The van der Waals surface area contributed by atoms with Crippen LogP contribution in [0.25, 0.3) is 252 Å². The Balaban J connectivity index is 0.905. The van der Waals surface area contributed by atoms with E-state index in [0.717, 1.165) is 0 Å². The van der Waals surface area contributed by atoms with Crippen molar-refractivity contribution >= 4 is 118 Å². The second-order valence-corrected chi connectivity index (χ2v) is 30.0. The molecule has 0 atom stereocenters. The van der Waals surface area contributed by atoms with Gasteiger partial charge in [-0.25, -0.2) is 0 Å². The van der Waals surface area contributed by atoms with Crippen molar-refractivity contribution in [2.45, 2.75) is 0 Å². The smallest absolute Gasteiger partial charge is 0.000695 e. The molecule has 22 aromatic carbocycles. The minimum Gasteiger partial charge on any atom is -0.0622 e. The second-order valence-electron chi connectivity index (χ2n) is 30.0. The van der Waals surface area contributed by atoms with Crippen LogP contribution in [0.5, 0.6) is 0 Å². The Hall–Kier alpha value is -14.3. The van der Waals surface area contributed by atoms with Gasteiger partial charge in [0.05, 0.1) is 0 Å². The zero-order valence-corrected chi connectivity index (χ0v) is 60.0. The molecule has 24 rings (SSSR count). The predicted molar refractivity (Wildman–Crippen MR) is 471 cm³/mol. The van der Waals surface area contributed by atoms with E-state index in [9.17, 15) is 0 Å². The SMILES string of the molecule is c1ccc(-c2c3ccccc3c(-c3c4c(c(-c5c6ccccc6c(-c6ccccc6)c6ccccc56)c5ccccc35)-c3ccc5c6c(ccc-4c36)-c3c-5c(-c4c5ccccc5c(-c5ccccc5)c5ccccc45)c4ccccc4c3-c3c4ccccc4c(-c4ccccc4)c4ccccc34)c3ccccc23)cc1. The average Bonchev–Trinajstić information content (AvgIpc) is 1.48. The Labute approximate surface area is 635 Å². The van der Waals surface area contributed by atoms with Crippen molar-refractivity contribution in [3.63, 3.8) is 0 Å². The van der Waals surface area contributed by atoms with E-state index in [1.165, 1.54) is 252 Å². The molecular formula is C110H64. The van der Waals surface area contributed by atoms with E-state index >= 15 is 0 Å². The Bertz CT molecular complexity index is 6630. The van der Waals surface area contributed by atoms with Crippen molar-refractivity contribution in [1.29, 1.82) is 0 Å². The molecule has 0 bridgehead atoms. The van der Waals surface area contributed by atoms with Gasteiger partial charge < -0.3 is 0 Å². The predicted octanol–water partition coefficient (Wildman–Crippen LogP) is 31.0. The van der Waals surface area contributed by atoms with Gasteiger partial charge >= 0.3 is 0 Å². The molecule has 0 saturated heterocycles. The summed E-state index contributed by atoms with van der Waals surface area (Å²) in [5.41, 5.74) is 29.9. The van der Waals surface area contributed by atoms with Crippen LogP contribution < -0.4 is 0 Å². The van der Waals surface area contributed by atoms with Crippen LogP contribution in [0.3, 0.4) is 0 Å². The van der Waals surface area contributed by atoms with Crippen molar-refractivity contribution in [3.8, 4) is 134 Å². The standard InChI is InChI=1S/C110H64/c1-5-33-65(34-6-1)93-69-41-13-21-49-77(69)97(78-50-22-14-42-70(78)93)103-85-57-29-30-58-86(85)104(98-79-51-23-15-43-71(79)94(66-35-7-2-8-36-66)72-44-16-24-52-80(72)98)108-90-63-64-92-102-91(62-61-89(101(90)102)107(103)108)109-105(99-81-53-25-17-45-73(81)95(67-37-9-3-10-38-67)74-46-18-26-54-82(74)99)87-59-31-32-60-88(87)106(110(92)109)100-83-55-27-19-47-75(83)96(68-39-11-4-12-40-68)76-48-20-28-56-84(76)100/h1-64H. The largest absolute Gasteiger partial charge is 0.0622 e. The molecule has 0 N–H and O–H groups in total. The van der Waals surface area contributed by atoms with Crippen LogP contribution in [0, 0.1) is 0 Å². The van der Waals surface area contributed by atoms with Gasteiger partial charge in [0, 0.05) is 0 Å². The van der Waals surface area contributed by atoms with Gasteiger partial charge in [0.15, 0.2) is 0 Å². The van der Waals surface area contributed by atoms with Crippen molar-refractivity contribution in [2.75, 3.05) is 0 Å². The summed E-state index contributed by atoms with van der Waals surface area (Å²) >= 11 is 0. The highest BCUT2D eigenvalue weighted by Crippen LogP contribution is 2.68. The third-order valence-corrected chi connectivity index (χ3v) is 24.6. The van der Waals surface area contributed by atoms with Crippen LogP contribution in [-0.4, -0.2) is 0 Å². The zero-order valence-electron chi connectivity index (χ0n) is 60.0. The lowest BCUT2D eigenvalue weighted by Gasteiger charge is -2.26. The summed E-state index contributed by atoms with van der Waals surface area (Å²) in [6.07, 6.45) is 0. The third kappa shape index (κ3) is 8.39. The van der Waals surface area contributed by atoms with Crippen molar-refractivity contribution < 1.29 is 0 Å². The van der Waals surface area contributed by atoms with E-state index < -0.39 is 0 Å². The van der Waals surface area contributed by atoms with Crippen LogP contribution >= 0.6 is 0 Å². The lowest BCUT2D eigenvalue weighted by Crippen LogP contribution is -1.98. The maximum atomic E-state index is 2.57. The molecule has 110 heavy (non-hydrogen) atoms. The first-order valence-corrected chi connectivity index (χ1v) is 38.5. The monoisotopic (exact) mass is 1380 g/mol. The molecular weight excluding hydrogens is 1320 g/mol. The molecule has 2 aliphatic carbocycles. The van der Waals surface area contributed by atoms with Crippen molar-refractivity contribution in [3.05, 3.63) is 388 Å². The maximum absolute atomic E-state index is 2.57. The highest BCUT2D eigenvalue weighted by molar-refractivity contribution is 6.41. The highest BCUT2D eigenvalue weighted by atomic mass is 14.4. The van der Waals surface area contributed by atoms with Gasteiger partial charge in [-0.05, 0) is 252 Å². The first-order chi connectivity index (χ1) is 54.7. The number of fused-ring (bicyclic) bond motifs is 16. The molecule has 0 aromatic heterocycles. The van der Waals surface area contributed by atoms with Gasteiger partial charge in [0.25, 0.3) is 0 Å². The number of hydrogen-bond acceptors (Lipinski definition) is 0.